The predicted molar refractivity (Wildman–Crippen MR) is 62.2 cm³/mol. The first kappa shape index (κ1) is 12.0. The van der Waals surface area contributed by atoms with E-state index >= 15 is 0 Å². The molecule has 1 heterocycles. The molecule has 1 fully saturated rings. The van der Waals surface area contributed by atoms with Gasteiger partial charge in [0.05, 0.1) is 12.5 Å². The maximum atomic E-state index is 13.3. The van der Waals surface area contributed by atoms with Crippen LogP contribution in [0.2, 0.25) is 0 Å². The second-order valence-corrected chi connectivity index (χ2v) is 4.33. The first-order valence-corrected chi connectivity index (χ1v) is 5.74. The molecule has 1 aromatic rings. The number of ether oxygens (including phenoxy) is 1. The molecule has 3 nitrogen and oxygen atoms in total. The van der Waals surface area contributed by atoms with Gasteiger partial charge in [-0.15, -0.1) is 0 Å². The van der Waals surface area contributed by atoms with Gasteiger partial charge in [-0.1, -0.05) is 12.1 Å². The number of methoxy groups -OCH3 is 1. The van der Waals surface area contributed by atoms with Gasteiger partial charge in [0, 0.05) is 0 Å². The molecule has 0 spiro atoms. The Labute approximate surface area is 100.0 Å². The largest absolute Gasteiger partial charge is 0.468 e. The maximum absolute atomic E-state index is 13.3. The van der Waals surface area contributed by atoms with Gasteiger partial charge in [0.15, 0.2) is 0 Å². The van der Waals surface area contributed by atoms with E-state index in [1.165, 1.54) is 19.2 Å². The summed E-state index contributed by atoms with van der Waals surface area (Å²) in [6.07, 6.45) is 1.28. The Bertz CT molecular complexity index is 414. The highest BCUT2D eigenvalue weighted by Gasteiger charge is 2.42. The van der Waals surface area contributed by atoms with Gasteiger partial charge in [-0.05, 0) is 43.6 Å². The van der Waals surface area contributed by atoms with Crippen molar-refractivity contribution in [3.63, 3.8) is 0 Å². The number of carbonyl (C=O) groups excluding carboxylic acids is 1. The van der Waals surface area contributed by atoms with Crippen LogP contribution in [0.4, 0.5) is 4.39 Å². The number of rotatable bonds is 2. The molecule has 0 aromatic heterocycles. The van der Waals surface area contributed by atoms with Crippen molar-refractivity contribution in [1.29, 1.82) is 0 Å². The van der Waals surface area contributed by atoms with Crippen LogP contribution in [0.25, 0.3) is 0 Å². The van der Waals surface area contributed by atoms with Gasteiger partial charge in [0.1, 0.15) is 5.82 Å². The van der Waals surface area contributed by atoms with E-state index < -0.39 is 5.41 Å². The van der Waals surface area contributed by atoms with E-state index in [0.29, 0.717) is 18.4 Å². The van der Waals surface area contributed by atoms with Gasteiger partial charge in [-0.25, -0.2) is 4.39 Å². The molecule has 0 radical (unpaired) electrons. The second-order valence-electron chi connectivity index (χ2n) is 4.33. The zero-order valence-electron chi connectivity index (χ0n) is 9.83. The molecule has 1 aliphatic heterocycles. The summed E-state index contributed by atoms with van der Waals surface area (Å²) in [6.45, 7) is 1.48. The van der Waals surface area contributed by atoms with Crippen molar-refractivity contribution < 1.29 is 13.9 Å². The number of hydrogen-bond acceptors (Lipinski definition) is 3. The number of carbonyl (C=O) groups is 1. The lowest BCUT2D eigenvalue weighted by Gasteiger charge is -2.35. The molecule has 17 heavy (non-hydrogen) atoms. The zero-order valence-corrected chi connectivity index (χ0v) is 9.83. The van der Waals surface area contributed by atoms with E-state index in [-0.39, 0.29) is 11.8 Å². The Morgan fingerprint density at radius 1 is 1.41 bits per heavy atom. The van der Waals surface area contributed by atoms with E-state index in [9.17, 15) is 9.18 Å². The highest BCUT2D eigenvalue weighted by Crippen LogP contribution is 2.35. The molecule has 0 unspecified atom stereocenters. The summed E-state index contributed by atoms with van der Waals surface area (Å²) in [6, 6.07) is 6.25. The quantitative estimate of drug-likeness (QED) is 0.794. The molecule has 4 heteroatoms. The van der Waals surface area contributed by atoms with Crippen molar-refractivity contribution in [1.82, 2.24) is 5.32 Å². The lowest BCUT2D eigenvalue weighted by atomic mass is 9.73. The number of halogens is 1. The number of nitrogens with one attached hydrogen (secondary N) is 1. The van der Waals surface area contributed by atoms with E-state index in [4.69, 9.17) is 4.74 Å². The third kappa shape index (κ3) is 2.17. The number of esters is 1. The summed E-state index contributed by atoms with van der Waals surface area (Å²) in [7, 11) is 1.38. The van der Waals surface area contributed by atoms with Crippen molar-refractivity contribution in [3.05, 3.63) is 35.6 Å². The average molecular weight is 237 g/mol. The Kier molecular flexibility index (Phi) is 3.43. The van der Waals surface area contributed by atoms with Gasteiger partial charge in [-0.2, -0.15) is 0 Å². The first-order chi connectivity index (χ1) is 8.19. The molecule has 1 N–H and O–H groups in total. The Morgan fingerprint density at radius 3 is 2.71 bits per heavy atom. The van der Waals surface area contributed by atoms with Crippen LogP contribution in [-0.2, 0) is 14.9 Å². The molecule has 0 bridgehead atoms. The van der Waals surface area contributed by atoms with Crippen molar-refractivity contribution in [2.24, 2.45) is 0 Å². The smallest absolute Gasteiger partial charge is 0.316 e. The molecule has 0 aliphatic carbocycles. The highest BCUT2D eigenvalue weighted by atomic mass is 19.1. The van der Waals surface area contributed by atoms with Gasteiger partial charge in [0.25, 0.3) is 0 Å². The highest BCUT2D eigenvalue weighted by molar-refractivity contribution is 5.83. The Balaban J connectivity index is 2.42. The fourth-order valence-electron chi connectivity index (χ4n) is 2.45. The fourth-order valence-corrected chi connectivity index (χ4v) is 2.45. The van der Waals surface area contributed by atoms with E-state index in [1.54, 1.807) is 12.1 Å². The van der Waals surface area contributed by atoms with Gasteiger partial charge in [-0.3, -0.25) is 4.79 Å². The van der Waals surface area contributed by atoms with Crippen LogP contribution in [0.15, 0.2) is 24.3 Å². The van der Waals surface area contributed by atoms with Gasteiger partial charge in [0.2, 0.25) is 0 Å². The van der Waals surface area contributed by atoms with Crippen molar-refractivity contribution in [3.8, 4) is 0 Å². The predicted octanol–water partition coefficient (Wildman–Crippen LogP) is 1.62. The monoisotopic (exact) mass is 237 g/mol. The molecule has 2 rings (SSSR count). The molecular weight excluding hydrogens is 221 g/mol. The third-order valence-electron chi connectivity index (χ3n) is 3.41. The number of hydrogen-bond donors (Lipinski definition) is 1. The van der Waals surface area contributed by atoms with E-state index in [1.807, 2.05) is 0 Å². The average Bonchev–Trinajstić information content (AvgIpc) is 2.38. The SMILES string of the molecule is COC(=O)C1(c2cccc(F)c2)CCNCC1. The molecule has 0 saturated carbocycles. The summed E-state index contributed by atoms with van der Waals surface area (Å²) in [5.41, 5.74) is 0.0214. The van der Waals surface area contributed by atoms with Gasteiger partial charge < -0.3 is 10.1 Å². The molecule has 0 amide bonds. The van der Waals surface area contributed by atoms with E-state index in [0.717, 1.165) is 13.1 Å². The minimum atomic E-state index is -0.692. The molecule has 1 aromatic carbocycles. The fraction of sp³-hybridized carbons (Fsp3) is 0.462. The van der Waals surface area contributed by atoms with E-state index in [2.05, 4.69) is 5.32 Å². The maximum Gasteiger partial charge on any atom is 0.316 e. The standard InChI is InChI=1S/C13H16FNO2/c1-17-12(16)13(5-7-15-8-6-13)10-3-2-4-11(14)9-10/h2-4,9,15H,5-8H2,1H3. The lowest BCUT2D eigenvalue weighted by molar-refractivity contribution is -0.148. The normalized spacial score (nSPS) is 18.7. The lowest BCUT2D eigenvalue weighted by Crippen LogP contribution is -2.46. The van der Waals surface area contributed by atoms with Crippen molar-refractivity contribution in [2.75, 3.05) is 20.2 Å². The summed E-state index contributed by atoms with van der Waals surface area (Å²) in [5.74, 6) is -0.589. The Morgan fingerprint density at radius 2 is 2.12 bits per heavy atom. The first-order valence-electron chi connectivity index (χ1n) is 5.74. The molecule has 1 aliphatic rings. The summed E-state index contributed by atoms with van der Waals surface area (Å²) in [5, 5.41) is 3.20. The molecule has 0 atom stereocenters. The van der Waals surface area contributed by atoms with Crippen LogP contribution in [-0.4, -0.2) is 26.2 Å². The van der Waals surface area contributed by atoms with Crippen LogP contribution in [0.1, 0.15) is 18.4 Å². The van der Waals surface area contributed by atoms with Crippen LogP contribution < -0.4 is 5.32 Å². The number of piperidine rings is 1. The summed E-state index contributed by atoms with van der Waals surface area (Å²) in [4.78, 5) is 12.0. The van der Waals surface area contributed by atoms with Gasteiger partial charge >= 0.3 is 5.97 Å². The third-order valence-corrected chi connectivity index (χ3v) is 3.41. The summed E-state index contributed by atoms with van der Waals surface area (Å²) < 4.78 is 18.2. The minimum Gasteiger partial charge on any atom is -0.468 e. The molecule has 1 saturated heterocycles. The van der Waals surface area contributed by atoms with Crippen molar-refractivity contribution >= 4 is 5.97 Å². The van der Waals surface area contributed by atoms with Crippen LogP contribution >= 0.6 is 0 Å². The molecular formula is C13H16FNO2. The van der Waals surface area contributed by atoms with Crippen LogP contribution in [0.3, 0.4) is 0 Å². The second kappa shape index (κ2) is 4.84. The summed E-state index contributed by atoms with van der Waals surface area (Å²) >= 11 is 0. The van der Waals surface area contributed by atoms with Crippen molar-refractivity contribution in [2.45, 2.75) is 18.3 Å². The molecule has 92 valence electrons. The Hall–Kier alpha value is -1.42. The minimum absolute atomic E-state index is 0.274. The van der Waals surface area contributed by atoms with Crippen LogP contribution in [0, 0.1) is 5.82 Å². The topological polar surface area (TPSA) is 38.3 Å². The number of benzene rings is 1. The van der Waals surface area contributed by atoms with Crippen LogP contribution in [0.5, 0.6) is 0 Å². The zero-order chi connectivity index (χ0) is 12.3.